The molecule has 0 radical (unpaired) electrons. The quantitative estimate of drug-likeness (QED) is 0.596. The fourth-order valence-electron chi connectivity index (χ4n) is 2.17. The highest BCUT2D eigenvalue weighted by atomic mass is 35.5. The van der Waals surface area contributed by atoms with Crippen LogP contribution < -0.4 is 5.32 Å². The van der Waals surface area contributed by atoms with Crippen molar-refractivity contribution in [2.24, 2.45) is 0 Å². The Bertz CT molecular complexity index is 928. The van der Waals surface area contributed by atoms with E-state index in [0.717, 1.165) is 5.56 Å². The predicted molar refractivity (Wildman–Crippen MR) is 100 cm³/mol. The molecular formula is C16H10Cl4N4O. The molecule has 0 aliphatic rings. The van der Waals surface area contributed by atoms with E-state index in [1.54, 1.807) is 23.0 Å². The molecule has 1 N–H and O–H groups in total. The number of anilines is 1. The number of amides is 1. The number of carbonyl (C=O) groups is 1. The van der Waals surface area contributed by atoms with Crippen LogP contribution in [0.15, 0.2) is 42.7 Å². The van der Waals surface area contributed by atoms with Crippen molar-refractivity contribution < 1.29 is 4.79 Å². The number of para-hydroxylation sites is 1. The number of nitrogens with one attached hydrogen (secondary N) is 1. The molecule has 0 saturated carbocycles. The van der Waals surface area contributed by atoms with Crippen LogP contribution in [0.1, 0.15) is 16.1 Å². The highest BCUT2D eigenvalue weighted by molar-refractivity contribution is 6.52. The maximum absolute atomic E-state index is 12.6. The van der Waals surface area contributed by atoms with Gasteiger partial charge in [0, 0.05) is 18.1 Å². The Morgan fingerprint density at radius 2 is 1.80 bits per heavy atom. The Kier molecular flexibility index (Phi) is 5.49. The van der Waals surface area contributed by atoms with Gasteiger partial charge in [-0.25, -0.2) is 4.98 Å². The molecule has 0 atom stereocenters. The van der Waals surface area contributed by atoms with Crippen LogP contribution >= 0.6 is 46.4 Å². The first-order valence-electron chi connectivity index (χ1n) is 7.04. The van der Waals surface area contributed by atoms with Crippen molar-refractivity contribution in [3.63, 3.8) is 0 Å². The van der Waals surface area contributed by atoms with Crippen LogP contribution in [0.3, 0.4) is 0 Å². The summed E-state index contributed by atoms with van der Waals surface area (Å²) in [7, 11) is 0. The van der Waals surface area contributed by atoms with Gasteiger partial charge in [-0.15, -0.1) is 0 Å². The van der Waals surface area contributed by atoms with Gasteiger partial charge in [0.2, 0.25) is 0 Å². The first-order chi connectivity index (χ1) is 12.0. The van der Waals surface area contributed by atoms with Gasteiger partial charge in [-0.2, -0.15) is 5.10 Å². The van der Waals surface area contributed by atoms with Gasteiger partial charge in [-0.3, -0.25) is 9.48 Å². The molecule has 0 aliphatic heterocycles. The van der Waals surface area contributed by atoms with E-state index in [1.807, 2.05) is 24.4 Å². The van der Waals surface area contributed by atoms with E-state index < -0.39 is 5.91 Å². The van der Waals surface area contributed by atoms with E-state index in [9.17, 15) is 4.79 Å². The summed E-state index contributed by atoms with van der Waals surface area (Å²) in [6.07, 6.45) is 3.51. The number of benzene rings is 1. The first-order valence-corrected chi connectivity index (χ1v) is 8.55. The van der Waals surface area contributed by atoms with Gasteiger partial charge in [0.15, 0.2) is 0 Å². The average molecular weight is 416 g/mol. The SMILES string of the molecule is O=C(Nc1ccccc1Cn1cccn1)c1nc(Cl)c(Cl)c(Cl)c1Cl. The lowest BCUT2D eigenvalue weighted by atomic mass is 10.1. The van der Waals surface area contributed by atoms with Crippen LogP contribution in [-0.2, 0) is 6.54 Å². The highest BCUT2D eigenvalue weighted by Gasteiger charge is 2.21. The fraction of sp³-hybridized carbons (Fsp3) is 0.0625. The number of aromatic nitrogens is 3. The van der Waals surface area contributed by atoms with Crippen molar-refractivity contribution in [1.29, 1.82) is 0 Å². The number of rotatable bonds is 4. The monoisotopic (exact) mass is 414 g/mol. The van der Waals surface area contributed by atoms with Gasteiger partial charge in [-0.1, -0.05) is 64.6 Å². The smallest absolute Gasteiger partial charge is 0.275 e. The van der Waals surface area contributed by atoms with Crippen LogP contribution in [0.4, 0.5) is 5.69 Å². The Labute approximate surface area is 163 Å². The molecule has 1 aromatic carbocycles. The minimum Gasteiger partial charge on any atom is -0.320 e. The summed E-state index contributed by atoms with van der Waals surface area (Å²) in [5.74, 6) is -0.543. The second-order valence-corrected chi connectivity index (χ2v) is 6.50. The molecule has 25 heavy (non-hydrogen) atoms. The number of halogens is 4. The third-order valence-electron chi connectivity index (χ3n) is 3.36. The zero-order chi connectivity index (χ0) is 18.0. The molecule has 0 aliphatic carbocycles. The minimum absolute atomic E-state index is 0.00367. The topological polar surface area (TPSA) is 59.8 Å². The molecule has 0 spiro atoms. The zero-order valence-electron chi connectivity index (χ0n) is 12.5. The molecule has 0 saturated heterocycles. The Morgan fingerprint density at radius 1 is 1.04 bits per heavy atom. The van der Waals surface area contributed by atoms with Gasteiger partial charge < -0.3 is 5.32 Å². The Hall–Kier alpha value is -1.79. The van der Waals surface area contributed by atoms with E-state index in [1.165, 1.54) is 0 Å². The van der Waals surface area contributed by atoms with Crippen LogP contribution in [0.25, 0.3) is 0 Å². The van der Waals surface area contributed by atoms with Gasteiger partial charge in [0.1, 0.15) is 10.8 Å². The number of hydrogen-bond donors (Lipinski definition) is 1. The number of carbonyl (C=O) groups excluding carboxylic acids is 1. The molecule has 9 heteroatoms. The summed E-state index contributed by atoms with van der Waals surface area (Å²) < 4.78 is 1.74. The van der Waals surface area contributed by atoms with Crippen molar-refractivity contribution in [2.75, 3.05) is 5.32 Å². The normalized spacial score (nSPS) is 10.7. The van der Waals surface area contributed by atoms with Crippen molar-refractivity contribution >= 4 is 58.0 Å². The highest BCUT2D eigenvalue weighted by Crippen LogP contribution is 2.36. The minimum atomic E-state index is -0.543. The van der Waals surface area contributed by atoms with E-state index >= 15 is 0 Å². The van der Waals surface area contributed by atoms with Crippen LogP contribution in [0.2, 0.25) is 20.2 Å². The lowest BCUT2D eigenvalue weighted by molar-refractivity contribution is 0.102. The number of nitrogens with zero attached hydrogens (tertiary/aromatic N) is 3. The summed E-state index contributed by atoms with van der Waals surface area (Å²) in [5.41, 5.74) is 1.36. The molecule has 5 nitrogen and oxygen atoms in total. The van der Waals surface area contributed by atoms with Gasteiger partial charge in [-0.05, 0) is 17.7 Å². The van der Waals surface area contributed by atoms with Crippen molar-refractivity contribution in [3.8, 4) is 0 Å². The first kappa shape index (κ1) is 18.0. The maximum atomic E-state index is 12.6. The lowest BCUT2D eigenvalue weighted by Crippen LogP contribution is -2.16. The molecule has 3 rings (SSSR count). The average Bonchev–Trinajstić information content (AvgIpc) is 3.11. The molecule has 1 amide bonds. The molecular weight excluding hydrogens is 406 g/mol. The second-order valence-electron chi connectivity index (χ2n) is 5.01. The second kappa shape index (κ2) is 7.62. The molecule has 2 heterocycles. The third-order valence-corrected chi connectivity index (χ3v) is 5.03. The number of hydrogen-bond acceptors (Lipinski definition) is 3. The van der Waals surface area contributed by atoms with Gasteiger partial charge in [0.25, 0.3) is 5.91 Å². The van der Waals surface area contributed by atoms with Gasteiger partial charge >= 0.3 is 0 Å². The Morgan fingerprint density at radius 3 is 2.52 bits per heavy atom. The van der Waals surface area contributed by atoms with Crippen LogP contribution in [-0.4, -0.2) is 20.7 Å². The predicted octanol–water partition coefficient (Wildman–Crippen LogP) is 5.19. The molecule has 128 valence electrons. The summed E-state index contributed by atoms with van der Waals surface area (Å²) in [5, 5.41) is 6.76. The molecule has 3 aromatic rings. The fourth-order valence-corrected chi connectivity index (χ4v) is 2.98. The van der Waals surface area contributed by atoms with Gasteiger partial charge in [0.05, 0.1) is 21.6 Å². The van der Waals surface area contributed by atoms with E-state index in [2.05, 4.69) is 15.4 Å². The van der Waals surface area contributed by atoms with E-state index in [0.29, 0.717) is 12.2 Å². The summed E-state index contributed by atoms with van der Waals surface area (Å²) >= 11 is 23.8. The largest absolute Gasteiger partial charge is 0.320 e. The van der Waals surface area contributed by atoms with Crippen LogP contribution in [0, 0.1) is 0 Å². The Balaban J connectivity index is 1.90. The van der Waals surface area contributed by atoms with E-state index in [4.69, 9.17) is 46.4 Å². The van der Waals surface area contributed by atoms with Crippen molar-refractivity contribution in [3.05, 3.63) is 74.2 Å². The summed E-state index contributed by atoms with van der Waals surface area (Å²) in [6, 6.07) is 9.15. The molecule has 0 bridgehead atoms. The third kappa shape index (κ3) is 3.90. The molecule has 0 fully saturated rings. The van der Waals surface area contributed by atoms with Crippen molar-refractivity contribution in [1.82, 2.24) is 14.8 Å². The summed E-state index contributed by atoms with van der Waals surface area (Å²) in [6.45, 7) is 0.493. The molecule has 2 aromatic heterocycles. The summed E-state index contributed by atoms with van der Waals surface area (Å²) in [4.78, 5) is 16.5. The maximum Gasteiger partial charge on any atom is 0.275 e. The van der Waals surface area contributed by atoms with Crippen molar-refractivity contribution in [2.45, 2.75) is 6.54 Å². The lowest BCUT2D eigenvalue weighted by Gasteiger charge is -2.12. The molecule has 0 unspecified atom stereocenters. The van der Waals surface area contributed by atoms with E-state index in [-0.39, 0.29) is 25.9 Å². The zero-order valence-corrected chi connectivity index (χ0v) is 15.5. The number of pyridine rings is 1. The standard InChI is InChI=1S/C16H10Cl4N4O/c17-11-12(18)14(23-15(20)13(11)19)16(25)22-10-5-2-1-4-9(10)8-24-7-3-6-21-24/h1-7H,8H2,(H,22,25). The van der Waals surface area contributed by atoms with Crippen LogP contribution in [0.5, 0.6) is 0 Å².